The SMILES string of the molecule is CC(CCCl)N(Cc1c2ccccc2c(CN(C(C)CCCl)C(C)CCCl)c2ccccc12)C(C)CCCl. The van der Waals surface area contributed by atoms with E-state index in [0.29, 0.717) is 47.7 Å². The molecule has 210 valence electrons. The molecular weight excluding hydrogens is 554 g/mol. The van der Waals surface area contributed by atoms with Crippen molar-refractivity contribution in [2.45, 2.75) is 90.6 Å². The molecule has 0 heterocycles. The van der Waals surface area contributed by atoms with Crippen LogP contribution >= 0.6 is 46.4 Å². The van der Waals surface area contributed by atoms with Gasteiger partial charge >= 0.3 is 0 Å². The van der Waals surface area contributed by atoms with Gasteiger partial charge in [0.05, 0.1) is 0 Å². The maximum Gasteiger partial charge on any atom is 0.0251 e. The van der Waals surface area contributed by atoms with Gasteiger partial charge in [-0.2, -0.15) is 0 Å². The molecule has 38 heavy (non-hydrogen) atoms. The Morgan fingerprint density at radius 2 is 0.711 bits per heavy atom. The zero-order valence-corrected chi connectivity index (χ0v) is 26.4. The number of hydrogen-bond acceptors (Lipinski definition) is 2. The summed E-state index contributed by atoms with van der Waals surface area (Å²) in [5.74, 6) is 2.62. The molecule has 3 aromatic rings. The molecule has 0 N–H and O–H groups in total. The van der Waals surface area contributed by atoms with Crippen LogP contribution in [-0.4, -0.2) is 57.5 Å². The van der Waals surface area contributed by atoms with Crippen LogP contribution in [0.5, 0.6) is 0 Å². The third-order valence-electron chi connectivity index (χ3n) is 8.21. The van der Waals surface area contributed by atoms with E-state index in [1.54, 1.807) is 0 Å². The average molecular weight is 599 g/mol. The van der Waals surface area contributed by atoms with Gasteiger partial charge < -0.3 is 0 Å². The molecule has 0 radical (unpaired) electrons. The average Bonchev–Trinajstić information content (AvgIpc) is 2.91. The minimum atomic E-state index is 0.367. The van der Waals surface area contributed by atoms with E-state index in [9.17, 15) is 0 Å². The summed E-state index contributed by atoms with van der Waals surface area (Å²) in [6.45, 7) is 10.9. The second-order valence-corrected chi connectivity index (χ2v) is 12.2. The summed E-state index contributed by atoms with van der Waals surface area (Å²) < 4.78 is 0. The maximum atomic E-state index is 6.21. The molecule has 3 rings (SSSR count). The van der Waals surface area contributed by atoms with E-state index >= 15 is 0 Å². The number of rotatable bonds is 16. The Balaban J connectivity index is 2.19. The highest BCUT2D eigenvalue weighted by Crippen LogP contribution is 2.36. The minimum Gasteiger partial charge on any atom is -0.294 e. The molecule has 0 aromatic heterocycles. The van der Waals surface area contributed by atoms with Crippen molar-refractivity contribution in [2.75, 3.05) is 23.5 Å². The minimum absolute atomic E-state index is 0.367. The first kappa shape index (κ1) is 31.8. The Labute approximate surface area is 250 Å². The van der Waals surface area contributed by atoms with E-state index in [2.05, 4.69) is 86.0 Å². The van der Waals surface area contributed by atoms with Crippen molar-refractivity contribution in [1.29, 1.82) is 0 Å². The van der Waals surface area contributed by atoms with Gasteiger partial charge in [-0.25, -0.2) is 0 Å². The second-order valence-electron chi connectivity index (χ2n) is 10.7. The van der Waals surface area contributed by atoms with Crippen LogP contribution in [0.1, 0.15) is 64.5 Å². The van der Waals surface area contributed by atoms with Gasteiger partial charge in [-0.15, -0.1) is 46.4 Å². The molecule has 0 bridgehead atoms. The van der Waals surface area contributed by atoms with Crippen LogP contribution in [0.2, 0.25) is 0 Å². The zero-order valence-electron chi connectivity index (χ0n) is 23.4. The molecule has 0 aliphatic rings. The lowest BCUT2D eigenvalue weighted by Gasteiger charge is -2.36. The molecule has 0 fully saturated rings. The second kappa shape index (κ2) is 15.9. The first-order valence-corrected chi connectivity index (χ1v) is 16.2. The number of benzene rings is 3. The molecule has 0 aliphatic carbocycles. The Morgan fingerprint density at radius 3 is 0.921 bits per heavy atom. The number of fused-ring (bicyclic) bond motifs is 2. The summed E-state index contributed by atoms with van der Waals surface area (Å²) in [5, 5.41) is 5.32. The Kier molecular flexibility index (Phi) is 13.3. The predicted octanol–water partition coefficient (Wildman–Crippen LogP) is 9.67. The monoisotopic (exact) mass is 596 g/mol. The molecule has 6 heteroatoms. The Morgan fingerprint density at radius 1 is 0.474 bits per heavy atom. The lowest BCUT2D eigenvalue weighted by Crippen LogP contribution is -2.41. The fraction of sp³-hybridized carbons (Fsp3) is 0.562. The van der Waals surface area contributed by atoms with Gasteiger partial charge in [0.25, 0.3) is 0 Å². The molecule has 4 atom stereocenters. The molecular formula is C32H44Cl4N2. The fourth-order valence-electron chi connectivity index (χ4n) is 5.80. The number of hydrogen-bond donors (Lipinski definition) is 0. The summed E-state index contributed by atoms with van der Waals surface area (Å²) in [6.07, 6.45) is 3.81. The molecule has 0 spiro atoms. The van der Waals surface area contributed by atoms with Crippen molar-refractivity contribution in [3.8, 4) is 0 Å². The van der Waals surface area contributed by atoms with Crippen LogP contribution in [0.15, 0.2) is 48.5 Å². The number of alkyl halides is 4. The van der Waals surface area contributed by atoms with Crippen molar-refractivity contribution >= 4 is 67.9 Å². The lowest BCUT2D eigenvalue weighted by molar-refractivity contribution is 0.138. The van der Waals surface area contributed by atoms with Crippen molar-refractivity contribution in [3.05, 3.63) is 59.7 Å². The normalized spacial score (nSPS) is 15.4. The van der Waals surface area contributed by atoms with Crippen LogP contribution in [0.25, 0.3) is 21.5 Å². The topological polar surface area (TPSA) is 6.48 Å². The summed E-state index contributed by atoms with van der Waals surface area (Å²) in [7, 11) is 0. The molecule has 3 aromatic carbocycles. The maximum absolute atomic E-state index is 6.21. The standard InChI is InChI=1S/C32H44Cl4N2/c1-23(13-17-33)37(24(2)14-18-34)21-31-27-9-5-7-11-29(27)32(30-12-8-6-10-28(30)31)22-38(25(3)15-19-35)26(4)16-20-36/h5-12,23-26H,13-22H2,1-4H3. The molecule has 0 aliphatic heterocycles. The van der Waals surface area contributed by atoms with Crippen LogP contribution in [0.4, 0.5) is 0 Å². The van der Waals surface area contributed by atoms with E-state index in [4.69, 9.17) is 46.4 Å². The number of halogens is 4. The molecule has 0 saturated carbocycles. The van der Waals surface area contributed by atoms with Crippen molar-refractivity contribution < 1.29 is 0 Å². The lowest BCUT2D eigenvalue weighted by atomic mass is 9.90. The van der Waals surface area contributed by atoms with Gasteiger partial charge in [0.2, 0.25) is 0 Å². The van der Waals surface area contributed by atoms with E-state index in [-0.39, 0.29) is 0 Å². The molecule has 0 saturated heterocycles. The molecule has 0 amide bonds. The van der Waals surface area contributed by atoms with Crippen LogP contribution < -0.4 is 0 Å². The number of nitrogens with zero attached hydrogens (tertiary/aromatic N) is 2. The summed E-state index contributed by atoms with van der Waals surface area (Å²) in [5.41, 5.74) is 2.77. The highest BCUT2D eigenvalue weighted by atomic mass is 35.5. The zero-order chi connectivity index (χ0) is 27.7. The quantitative estimate of drug-likeness (QED) is 0.120. The largest absolute Gasteiger partial charge is 0.294 e. The van der Waals surface area contributed by atoms with Gasteiger partial charge in [0.15, 0.2) is 0 Å². The van der Waals surface area contributed by atoms with Gasteiger partial charge in [-0.05, 0) is 86.1 Å². The van der Waals surface area contributed by atoms with Gasteiger partial charge in [-0.3, -0.25) is 9.80 Å². The Hall–Kier alpha value is -0.740. The smallest absolute Gasteiger partial charge is 0.0251 e. The molecule has 2 nitrogen and oxygen atoms in total. The predicted molar refractivity (Wildman–Crippen MR) is 172 cm³/mol. The van der Waals surface area contributed by atoms with Crippen LogP contribution in [0, 0.1) is 0 Å². The van der Waals surface area contributed by atoms with E-state index in [1.165, 1.54) is 32.7 Å². The van der Waals surface area contributed by atoms with E-state index in [1.807, 2.05) is 0 Å². The van der Waals surface area contributed by atoms with Crippen molar-refractivity contribution in [3.63, 3.8) is 0 Å². The third-order valence-corrected chi connectivity index (χ3v) is 9.08. The van der Waals surface area contributed by atoms with E-state index < -0.39 is 0 Å². The van der Waals surface area contributed by atoms with Gasteiger partial charge in [0.1, 0.15) is 0 Å². The Bertz CT molecular complexity index is 968. The summed E-state index contributed by atoms with van der Waals surface area (Å²) in [4.78, 5) is 5.19. The third kappa shape index (κ3) is 7.71. The molecule has 4 unspecified atom stereocenters. The first-order valence-electron chi connectivity index (χ1n) is 14.0. The van der Waals surface area contributed by atoms with Crippen molar-refractivity contribution in [1.82, 2.24) is 9.80 Å². The van der Waals surface area contributed by atoms with E-state index in [0.717, 1.165) is 38.8 Å². The highest BCUT2D eigenvalue weighted by molar-refractivity contribution is 6.18. The summed E-state index contributed by atoms with van der Waals surface area (Å²) in [6, 6.07) is 19.3. The summed E-state index contributed by atoms with van der Waals surface area (Å²) >= 11 is 24.8. The van der Waals surface area contributed by atoms with Crippen molar-refractivity contribution in [2.24, 2.45) is 0 Å². The van der Waals surface area contributed by atoms with Crippen LogP contribution in [-0.2, 0) is 13.1 Å². The highest BCUT2D eigenvalue weighted by Gasteiger charge is 2.25. The van der Waals surface area contributed by atoms with Crippen LogP contribution in [0.3, 0.4) is 0 Å². The fourth-order valence-corrected chi connectivity index (χ4v) is 7.07. The first-order chi connectivity index (χ1) is 18.4. The van der Waals surface area contributed by atoms with Gasteiger partial charge in [0, 0.05) is 60.8 Å². The van der Waals surface area contributed by atoms with Gasteiger partial charge in [-0.1, -0.05) is 48.5 Å².